The van der Waals surface area contributed by atoms with Crippen molar-refractivity contribution in [3.05, 3.63) is 42.1 Å². The van der Waals surface area contributed by atoms with E-state index < -0.39 is 108 Å². The number of hydrogen-bond donors (Lipinski definition) is 0. The van der Waals surface area contributed by atoms with Crippen LogP contribution in [0.4, 0.5) is 13.2 Å². The molecule has 0 spiro atoms. The second-order valence-corrected chi connectivity index (χ2v) is 51.0. The number of fused-ring (bicyclic) bond motifs is 4. The smallest absolute Gasteiger partial charge is 0.432 e. The molecule has 318 valence electrons. The molecule has 0 aliphatic carbocycles. The average Bonchev–Trinajstić information content (AvgIpc) is 2.96. The van der Waals surface area contributed by atoms with Crippen LogP contribution in [0.15, 0.2) is 36.5 Å². The van der Waals surface area contributed by atoms with Crippen molar-refractivity contribution < 1.29 is 75.5 Å². The Morgan fingerprint density at radius 2 is 1.02 bits per heavy atom. The van der Waals surface area contributed by atoms with Crippen molar-refractivity contribution in [2.24, 2.45) is 0 Å². The first-order chi connectivity index (χ1) is 24.6. The minimum atomic E-state index is -4.30. The summed E-state index contributed by atoms with van der Waals surface area (Å²) in [6.07, 6.45) is -4.30. The lowest BCUT2D eigenvalue weighted by molar-refractivity contribution is -0.137. The zero-order chi connectivity index (χ0) is 42.4. The molecular formula is C25H59F3O15Si12. The molecule has 30 heteroatoms. The zero-order valence-corrected chi connectivity index (χ0v) is 48.1. The van der Waals surface area contributed by atoms with Crippen LogP contribution < -0.4 is 5.19 Å². The van der Waals surface area contributed by atoms with Gasteiger partial charge in [0.2, 0.25) is 16.6 Å². The Kier molecular flexibility index (Phi) is 15.7. The number of benzene rings is 1. The van der Waals surface area contributed by atoms with Crippen molar-refractivity contribution in [1.29, 1.82) is 0 Å². The van der Waals surface area contributed by atoms with Crippen LogP contribution in [0, 0.1) is 0 Å². The second kappa shape index (κ2) is 17.3. The molecule has 0 N–H and O–H groups in total. The molecule has 5 rings (SSSR count). The van der Waals surface area contributed by atoms with Gasteiger partial charge < -0.3 is 62.3 Å². The summed E-state index contributed by atoms with van der Waals surface area (Å²) in [4.78, 5) is 0. The van der Waals surface area contributed by atoms with E-state index in [2.05, 4.69) is 19.7 Å². The van der Waals surface area contributed by atoms with Crippen molar-refractivity contribution >= 4 is 112 Å². The Morgan fingerprint density at radius 1 is 0.655 bits per heavy atom. The van der Waals surface area contributed by atoms with Gasteiger partial charge >= 0.3 is 85.7 Å². The van der Waals surface area contributed by atoms with Gasteiger partial charge in [0.15, 0.2) is 0 Å². The number of rotatable bonds is 7. The van der Waals surface area contributed by atoms with Gasteiger partial charge in [0.05, 0.1) is 5.56 Å². The van der Waals surface area contributed by atoms with Crippen LogP contribution in [-0.2, 0) is 68.5 Å². The first kappa shape index (κ1) is 50.1. The molecule has 4 aliphatic heterocycles. The molecule has 6 bridgehead atoms. The molecular weight excluding hydrogens is 934 g/mol. The molecule has 15 nitrogen and oxygen atoms in total. The summed E-state index contributed by atoms with van der Waals surface area (Å²) >= 11 is 0. The summed E-state index contributed by atoms with van der Waals surface area (Å²) in [5.41, 5.74) is 1.27. The molecule has 0 aromatic heterocycles. The fourth-order valence-corrected chi connectivity index (χ4v) is 55.4. The molecule has 0 radical (unpaired) electrons. The van der Waals surface area contributed by atoms with Crippen LogP contribution in [-0.4, -0.2) is 121 Å². The van der Waals surface area contributed by atoms with E-state index in [1.807, 2.05) is 38.4 Å². The van der Waals surface area contributed by atoms with Crippen molar-refractivity contribution in [3.63, 3.8) is 0 Å². The van der Waals surface area contributed by atoms with Gasteiger partial charge in [-0.3, -0.25) is 0 Å². The molecule has 0 saturated carbocycles. The van der Waals surface area contributed by atoms with E-state index in [0.29, 0.717) is 10.5 Å². The molecule has 1 aromatic carbocycles. The molecule has 4 unspecified atom stereocenters. The molecule has 0 amide bonds. The minimum Gasteiger partial charge on any atom is -0.432 e. The molecule has 1 aromatic rings. The quantitative estimate of drug-likeness (QED) is 0.357. The van der Waals surface area contributed by atoms with Crippen molar-refractivity contribution in [2.45, 2.75) is 97.8 Å². The summed E-state index contributed by atoms with van der Waals surface area (Å²) in [5.74, 6) is 0. The lowest BCUT2D eigenvalue weighted by Crippen LogP contribution is -2.81. The fraction of sp³-hybridized carbons (Fsp3) is 0.680. The lowest BCUT2D eigenvalue weighted by atomic mass is 10.2. The maximum absolute atomic E-state index is 12.5. The Bertz CT molecular complexity index is 1450. The molecule has 4 saturated heterocycles. The third-order valence-corrected chi connectivity index (χ3v) is 52.9. The highest BCUT2D eigenvalue weighted by atomic mass is 28.6. The highest BCUT2D eigenvalue weighted by Gasteiger charge is 2.73. The zero-order valence-electron chi connectivity index (χ0n) is 34.9. The van der Waals surface area contributed by atoms with Crippen LogP contribution in [0.2, 0.25) is 91.7 Å². The van der Waals surface area contributed by atoms with Gasteiger partial charge in [0.25, 0.3) is 0 Å². The monoisotopic (exact) mass is 992 g/mol. The highest BCUT2D eigenvalue weighted by Crippen LogP contribution is 2.43. The summed E-state index contributed by atoms with van der Waals surface area (Å²) in [5, 5.41) is 0.832. The van der Waals surface area contributed by atoms with E-state index in [9.17, 15) is 13.2 Å². The van der Waals surface area contributed by atoms with Gasteiger partial charge in [-0.25, -0.2) is 0 Å². The molecule has 4 atom stereocenters. The van der Waals surface area contributed by atoms with Crippen molar-refractivity contribution in [3.8, 4) is 0 Å². The summed E-state index contributed by atoms with van der Waals surface area (Å²) in [7, 11) is -27.9. The summed E-state index contributed by atoms with van der Waals surface area (Å²) in [6, 6.07) is 5.23. The molecule has 4 heterocycles. The molecule has 4 fully saturated rings. The average molecular weight is 994 g/mol. The number of halogens is 3. The van der Waals surface area contributed by atoms with Gasteiger partial charge in [0.1, 0.15) is 10.5 Å². The van der Waals surface area contributed by atoms with Gasteiger partial charge in [0, 0.05) is 60.0 Å². The van der Waals surface area contributed by atoms with Crippen LogP contribution in [0.1, 0.15) is 5.56 Å². The number of alkyl halides is 3. The lowest BCUT2D eigenvalue weighted by Gasteiger charge is -2.56. The largest absolute Gasteiger partial charge is 0.475 e. The van der Waals surface area contributed by atoms with Crippen LogP contribution in [0.25, 0.3) is 0 Å². The Labute approximate surface area is 339 Å². The molecule has 4 aliphatic rings. The van der Waals surface area contributed by atoms with E-state index in [1.165, 1.54) is 12.1 Å². The highest BCUT2D eigenvalue weighted by molar-refractivity contribution is 6.99. The third kappa shape index (κ3) is 13.9. The van der Waals surface area contributed by atoms with Crippen LogP contribution in [0.5, 0.6) is 0 Å². The van der Waals surface area contributed by atoms with E-state index in [4.69, 9.17) is 62.3 Å². The molecule has 55 heavy (non-hydrogen) atoms. The number of hydrogen-bond acceptors (Lipinski definition) is 15. The first-order valence-electron chi connectivity index (χ1n) is 17.5. The van der Waals surface area contributed by atoms with Gasteiger partial charge in [-0.2, -0.15) is 13.2 Å². The van der Waals surface area contributed by atoms with Gasteiger partial charge in [-0.15, -0.1) is 6.58 Å². The van der Waals surface area contributed by atoms with Crippen molar-refractivity contribution in [2.75, 3.05) is 14.2 Å². The standard InChI is InChI=1S/C12H19F3O2Si2.C8H28O12Si9.C5H12OSi/c1-16-19(4,5)17-18(2,3)11-8-6-10(7-9-11)12(13,14)15;1-22-10-24(3)14-26(5)12-23(2,9-21)13-27(6)15-25(4,11-22)17-28(7,16-24)20-29(8,18-26)19-27;1-5-7(3,4)6-2/h6-9H,1-5H3;22H,1-8,21H3;5H,1H2,2-4H3. The topological polar surface area (TPSA) is 138 Å². The normalized spacial score (nSPS) is 38.1. The van der Waals surface area contributed by atoms with E-state index in [0.717, 1.165) is 17.3 Å². The van der Waals surface area contributed by atoms with Crippen LogP contribution in [0.3, 0.4) is 0 Å². The van der Waals surface area contributed by atoms with E-state index in [-0.39, 0.29) is 0 Å². The predicted octanol–water partition coefficient (Wildman–Crippen LogP) is 4.40. The summed E-state index contributed by atoms with van der Waals surface area (Å²) in [6.45, 7) is 29.9. The minimum absolute atomic E-state index is 0.389. The van der Waals surface area contributed by atoms with Crippen LogP contribution >= 0.6 is 0 Å². The van der Waals surface area contributed by atoms with E-state index >= 15 is 0 Å². The maximum Gasteiger partial charge on any atom is 0.475 e. The Hall–Kier alpha value is 0.753. The Morgan fingerprint density at radius 3 is 1.31 bits per heavy atom. The van der Waals surface area contributed by atoms with E-state index in [1.54, 1.807) is 60.0 Å². The predicted molar refractivity (Wildman–Crippen MR) is 226 cm³/mol. The first-order valence-corrected chi connectivity index (χ1v) is 44.7. The maximum atomic E-state index is 12.5. The van der Waals surface area contributed by atoms with Gasteiger partial charge in [-0.05, 0) is 51.0 Å². The Balaban J connectivity index is 0.000000268. The SMILES string of the molecule is C=C[Si](C)(C)OC.CO[Si](C)(C)O[Si](C)(C)c1ccc(C(F)(F)F)cc1.C[SiH]1O[Si]2(C)O[Si]3(C)O[Si](C)(O[SiH3])O[Si]4(C)O[Si](C)(O1)O[Si](C)(O2)O[Si](C)(O3)O4. The third-order valence-electron chi connectivity index (χ3n) is 8.39. The summed E-state index contributed by atoms with van der Waals surface area (Å²) < 4.78 is 130. The van der Waals surface area contributed by atoms with Crippen molar-refractivity contribution in [1.82, 2.24) is 0 Å². The fourth-order valence-electron chi connectivity index (χ4n) is 6.01. The second-order valence-electron chi connectivity index (χ2n) is 15.3. The van der Waals surface area contributed by atoms with Gasteiger partial charge in [-0.1, -0.05) is 30.0 Å².